The molecule has 0 aliphatic rings. The first kappa shape index (κ1) is 7.71. The molecule has 0 aliphatic heterocycles. The van der Waals surface area contributed by atoms with Crippen molar-refractivity contribution >= 4 is 22.9 Å². The van der Waals surface area contributed by atoms with Crippen LogP contribution >= 0.6 is 22.9 Å². The number of rotatable bonds is 0. The van der Waals surface area contributed by atoms with Crippen molar-refractivity contribution in [3.05, 3.63) is 23.6 Å². The summed E-state index contributed by atoms with van der Waals surface area (Å²) in [4.78, 5) is 8.16. The van der Waals surface area contributed by atoms with Crippen molar-refractivity contribution in [2.75, 3.05) is 7.05 Å². The van der Waals surface area contributed by atoms with Crippen molar-refractivity contribution in [3.8, 4) is 0 Å². The highest BCUT2D eigenvalue weighted by molar-refractivity contribution is 14.1. The fourth-order valence-corrected chi connectivity index (χ4v) is 1.11. The maximum absolute atomic E-state index is 4.18. The van der Waals surface area contributed by atoms with Crippen molar-refractivity contribution < 1.29 is 0 Å². The third-order valence-electron chi connectivity index (χ3n) is 1.11. The van der Waals surface area contributed by atoms with E-state index in [1.807, 2.05) is 22.0 Å². The van der Waals surface area contributed by atoms with E-state index in [2.05, 4.69) is 32.8 Å². The van der Waals surface area contributed by atoms with Crippen LogP contribution in [0, 0.1) is 6.92 Å². The highest BCUT2D eigenvalue weighted by atomic mass is 127. The van der Waals surface area contributed by atoms with E-state index >= 15 is 0 Å². The van der Waals surface area contributed by atoms with Crippen LogP contribution in [0.3, 0.4) is 0 Å². The van der Waals surface area contributed by atoms with Crippen LogP contribution in [0.1, 0.15) is 5.69 Å². The summed E-state index contributed by atoms with van der Waals surface area (Å²) in [5, 5.41) is 0. The number of hydrogen-bond donors (Lipinski definition) is 0. The molecule has 4 heteroatoms. The smallest absolute Gasteiger partial charge is 0.233 e. The van der Waals surface area contributed by atoms with Gasteiger partial charge in [0.25, 0.3) is 0 Å². The van der Waals surface area contributed by atoms with Gasteiger partial charge in [0.15, 0.2) is 0 Å². The lowest BCUT2D eigenvalue weighted by molar-refractivity contribution is 0.941. The SMILES string of the molecule is C/N=c1/nc(C)ccn1I. The van der Waals surface area contributed by atoms with Gasteiger partial charge in [0, 0.05) is 18.9 Å². The molecule has 1 heterocycles. The van der Waals surface area contributed by atoms with Crippen LogP contribution in [0.4, 0.5) is 0 Å². The first-order valence-electron chi connectivity index (χ1n) is 2.89. The number of aromatic nitrogens is 2. The summed E-state index contributed by atoms with van der Waals surface area (Å²) in [6.45, 7) is 1.95. The zero-order valence-electron chi connectivity index (χ0n) is 5.87. The van der Waals surface area contributed by atoms with Gasteiger partial charge < -0.3 is 0 Å². The lowest BCUT2D eigenvalue weighted by atomic mass is 10.5. The molecule has 0 radical (unpaired) electrons. The van der Waals surface area contributed by atoms with Crippen LogP contribution in [-0.4, -0.2) is 14.8 Å². The zero-order chi connectivity index (χ0) is 7.56. The summed E-state index contributed by atoms with van der Waals surface area (Å²) >= 11 is 2.14. The van der Waals surface area contributed by atoms with E-state index in [0.29, 0.717) is 0 Å². The highest BCUT2D eigenvalue weighted by Gasteiger charge is 1.88. The number of nitrogens with zero attached hydrogens (tertiary/aromatic N) is 3. The molecule has 0 spiro atoms. The first-order valence-corrected chi connectivity index (χ1v) is 3.86. The van der Waals surface area contributed by atoms with Gasteiger partial charge >= 0.3 is 0 Å². The second kappa shape index (κ2) is 3.14. The molecule has 0 unspecified atom stereocenters. The average molecular weight is 249 g/mol. The molecular formula is C6H8IN3. The quantitative estimate of drug-likeness (QED) is 0.629. The Hall–Kier alpha value is -0.390. The predicted molar refractivity (Wildman–Crippen MR) is 47.9 cm³/mol. The molecule has 10 heavy (non-hydrogen) atoms. The van der Waals surface area contributed by atoms with Gasteiger partial charge in [-0.2, -0.15) is 0 Å². The van der Waals surface area contributed by atoms with Gasteiger partial charge in [-0.15, -0.1) is 0 Å². The van der Waals surface area contributed by atoms with E-state index in [4.69, 9.17) is 0 Å². The molecule has 1 aromatic rings. The van der Waals surface area contributed by atoms with E-state index in [9.17, 15) is 0 Å². The third kappa shape index (κ3) is 1.56. The Morgan fingerprint density at radius 2 is 2.40 bits per heavy atom. The van der Waals surface area contributed by atoms with Crippen LogP contribution in [-0.2, 0) is 0 Å². The van der Waals surface area contributed by atoms with Gasteiger partial charge in [-0.05, 0) is 13.0 Å². The van der Waals surface area contributed by atoms with Gasteiger partial charge in [0.05, 0.1) is 22.9 Å². The molecule has 0 aromatic carbocycles. The summed E-state index contributed by atoms with van der Waals surface area (Å²) in [7, 11) is 1.73. The summed E-state index contributed by atoms with van der Waals surface area (Å²) in [6.07, 6.45) is 1.94. The van der Waals surface area contributed by atoms with Gasteiger partial charge in [-0.3, -0.25) is 7.77 Å². The molecule has 3 nitrogen and oxygen atoms in total. The molecule has 1 rings (SSSR count). The molecule has 0 fully saturated rings. The standard InChI is InChI=1S/C6H8IN3/c1-5-3-4-10(7)6(8-2)9-5/h3-4H,1-2H3/b8-6-. The molecule has 0 atom stereocenters. The number of halogens is 1. The molecule has 0 aliphatic carbocycles. The Balaban J connectivity index is 3.37. The fraction of sp³-hybridized carbons (Fsp3) is 0.333. The Morgan fingerprint density at radius 1 is 1.70 bits per heavy atom. The van der Waals surface area contributed by atoms with E-state index in [1.54, 1.807) is 7.05 Å². The molecule has 1 aromatic heterocycles. The first-order chi connectivity index (χ1) is 4.74. The van der Waals surface area contributed by atoms with Crippen molar-refractivity contribution in [2.45, 2.75) is 6.92 Å². The lowest BCUT2D eigenvalue weighted by Crippen LogP contribution is -2.17. The van der Waals surface area contributed by atoms with Crippen LogP contribution in [0.2, 0.25) is 0 Å². The Morgan fingerprint density at radius 3 is 2.90 bits per heavy atom. The monoisotopic (exact) mass is 249 g/mol. The summed E-state index contributed by atoms with van der Waals surface area (Å²) < 4.78 is 1.85. The van der Waals surface area contributed by atoms with Crippen LogP contribution in [0.5, 0.6) is 0 Å². The van der Waals surface area contributed by atoms with Crippen LogP contribution < -0.4 is 5.62 Å². The Bertz CT molecular complexity index is 289. The number of hydrogen-bond acceptors (Lipinski definition) is 2. The zero-order valence-corrected chi connectivity index (χ0v) is 8.03. The van der Waals surface area contributed by atoms with E-state index in [-0.39, 0.29) is 0 Å². The van der Waals surface area contributed by atoms with Gasteiger partial charge in [-0.25, -0.2) is 4.98 Å². The lowest BCUT2D eigenvalue weighted by Gasteiger charge is -1.95. The minimum Gasteiger partial charge on any atom is -0.258 e. The summed E-state index contributed by atoms with van der Waals surface area (Å²) in [6, 6.07) is 1.95. The van der Waals surface area contributed by atoms with E-state index in [0.717, 1.165) is 11.3 Å². The van der Waals surface area contributed by atoms with Crippen molar-refractivity contribution in [3.63, 3.8) is 0 Å². The van der Waals surface area contributed by atoms with Crippen molar-refractivity contribution in [1.82, 2.24) is 7.76 Å². The van der Waals surface area contributed by atoms with Crippen LogP contribution in [0.15, 0.2) is 17.3 Å². The molecule has 0 saturated heterocycles. The van der Waals surface area contributed by atoms with E-state index in [1.165, 1.54) is 0 Å². The minimum absolute atomic E-state index is 0.751. The van der Waals surface area contributed by atoms with Crippen molar-refractivity contribution in [1.29, 1.82) is 0 Å². The molecule has 0 bridgehead atoms. The maximum atomic E-state index is 4.18. The summed E-state index contributed by atoms with van der Waals surface area (Å²) in [5.41, 5.74) is 1.74. The molecule has 0 amide bonds. The fourth-order valence-electron chi connectivity index (χ4n) is 0.628. The summed E-state index contributed by atoms with van der Waals surface area (Å²) in [5.74, 6) is 0. The Labute approximate surface area is 73.3 Å². The van der Waals surface area contributed by atoms with Gasteiger partial charge in [0.2, 0.25) is 5.62 Å². The highest BCUT2D eigenvalue weighted by Crippen LogP contribution is 1.89. The topological polar surface area (TPSA) is 30.2 Å². The number of aryl methyl sites for hydroxylation is 1. The molecule has 0 saturated carbocycles. The van der Waals surface area contributed by atoms with E-state index < -0.39 is 0 Å². The third-order valence-corrected chi connectivity index (χ3v) is 1.87. The second-order valence-electron chi connectivity index (χ2n) is 1.90. The van der Waals surface area contributed by atoms with Gasteiger partial charge in [0.1, 0.15) is 0 Å². The Kier molecular flexibility index (Phi) is 2.42. The average Bonchev–Trinajstić information content (AvgIpc) is 1.94. The van der Waals surface area contributed by atoms with Gasteiger partial charge in [-0.1, -0.05) is 0 Å². The second-order valence-corrected chi connectivity index (χ2v) is 2.94. The molecule has 54 valence electrons. The van der Waals surface area contributed by atoms with Crippen molar-refractivity contribution in [2.24, 2.45) is 4.99 Å². The minimum atomic E-state index is 0.751. The predicted octanol–water partition coefficient (Wildman–Crippen LogP) is 0.920. The maximum Gasteiger partial charge on any atom is 0.233 e. The van der Waals surface area contributed by atoms with Crippen LogP contribution in [0.25, 0.3) is 0 Å². The normalized spacial score (nSPS) is 12.1. The largest absolute Gasteiger partial charge is 0.258 e. The molecule has 0 N–H and O–H groups in total. The molecular weight excluding hydrogens is 241 g/mol.